The maximum absolute atomic E-state index is 12.0. The molecule has 5 nitrogen and oxygen atoms in total. The Labute approximate surface area is 114 Å². The van der Waals surface area contributed by atoms with Gasteiger partial charge in [0.15, 0.2) is 0 Å². The molecule has 0 bridgehead atoms. The first-order valence-corrected chi connectivity index (χ1v) is 6.41. The van der Waals surface area contributed by atoms with Crippen LogP contribution in [-0.4, -0.2) is 15.3 Å². The third-order valence-corrected chi connectivity index (χ3v) is 3.94. The van der Waals surface area contributed by atoms with E-state index in [2.05, 4.69) is 0 Å². The highest BCUT2D eigenvalue weighted by Crippen LogP contribution is 2.26. The molecular weight excluding hydrogens is 262 g/mol. The lowest BCUT2D eigenvalue weighted by atomic mass is 10.3. The van der Waals surface area contributed by atoms with Crippen molar-refractivity contribution in [1.82, 2.24) is 9.13 Å². The van der Waals surface area contributed by atoms with Crippen molar-refractivity contribution in [3.63, 3.8) is 0 Å². The van der Waals surface area contributed by atoms with Crippen LogP contribution in [0.2, 0.25) is 0 Å². The van der Waals surface area contributed by atoms with Gasteiger partial charge in [0.2, 0.25) is 0 Å². The van der Waals surface area contributed by atoms with Crippen LogP contribution in [0.1, 0.15) is 5.56 Å². The summed E-state index contributed by atoms with van der Waals surface area (Å²) in [6, 6.07) is 9.43. The molecule has 2 aromatic rings. The Hall–Kier alpha value is -2.08. The summed E-state index contributed by atoms with van der Waals surface area (Å²) in [7, 11) is 3.01. The van der Waals surface area contributed by atoms with Crippen molar-refractivity contribution in [1.29, 1.82) is 5.41 Å². The maximum atomic E-state index is 12.0. The first-order chi connectivity index (χ1) is 9.06. The summed E-state index contributed by atoms with van der Waals surface area (Å²) >= 11 is 1.30. The average Bonchev–Trinajstić information content (AvgIpc) is 2.44. The molecule has 0 aliphatic heterocycles. The Kier molecular flexibility index (Phi) is 3.71. The van der Waals surface area contributed by atoms with Crippen LogP contribution in [0, 0.1) is 5.41 Å². The number of aromatic nitrogens is 2. The summed E-state index contributed by atoms with van der Waals surface area (Å²) in [4.78, 5) is 24.8. The molecular formula is C13H13N3O2S. The fourth-order valence-corrected chi connectivity index (χ4v) is 2.69. The van der Waals surface area contributed by atoms with E-state index in [4.69, 9.17) is 5.41 Å². The normalized spacial score (nSPS) is 10.4. The van der Waals surface area contributed by atoms with E-state index in [1.165, 1.54) is 23.4 Å². The molecule has 1 heterocycles. The van der Waals surface area contributed by atoms with Crippen molar-refractivity contribution >= 4 is 18.0 Å². The van der Waals surface area contributed by atoms with E-state index in [0.717, 1.165) is 15.7 Å². The van der Waals surface area contributed by atoms with Crippen LogP contribution in [0.4, 0.5) is 0 Å². The molecule has 0 aliphatic rings. The molecule has 0 saturated carbocycles. The molecule has 1 aromatic heterocycles. The van der Waals surface area contributed by atoms with E-state index in [0.29, 0.717) is 5.03 Å². The van der Waals surface area contributed by atoms with Gasteiger partial charge in [-0.25, -0.2) is 4.79 Å². The molecule has 0 radical (unpaired) electrons. The van der Waals surface area contributed by atoms with Gasteiger partial charge < -0.3 is 5.41 Å². The second-order valence-electron chi connectivity index (χ2n) is 3.98. The first-order valence-electron chi connectivity index (χ1n) is 5.59. The predicted molar refractivity (Wildman–Crippen MR) is 75.4 cm³/mol. The van der Waals surface area contributed by atoms with Crippen molar-refractivity contribution in [2.45, 2.75) is 9.92 Å². The topological polar surface area (TPSA) is 67.8 Å². The highest BCUT2D eigenvalue weighted by atomic mass is 32.2. The molecule has 1 aromatic carbocycles. The maximum Gasteiger partial charge on any atom is 0.331 e. The summed E-state index contributed by atoms with van der Waals surface area (Å²) in [5.41, 5.74) is -0.621. The summed E-state index contributed by atoms with van der Waals surface area (Å²) in [6.45, 7) is 0. The van der Waals surface area contributed by atoms with E-state index < -0.39 is 11.2 Å². The number of nitrogens with zero attached hydrogens (tertiary/aromatic N) is 2. The Bertz CT molecular complexity index is 732. The lowest BCUT2D eigenvalue weighted by Crippen LogP contribution is -2.39. The second-order valence-corrected chi connectivity index (χ2v) is 5.05. The summed E-state index contributed by atoms with van der Waals surface area (Å²) < 4.78 is 2.40. The van der Waals surface area contributed by atoms with Crippen molar-refractivity contribution in [2.75, 3.05) is 0 Å². The third-order valence-electron chi connectivity index (χ3n) is 2.75. The van der Waals surface area contributed by atoms with Gasteiger partial charge in [-0.2, -0.15) is 0 Å². The minimum absolute atomic E-state index is 0.221. The van der Waals surface area contributed by atoms with Gasteiger partial charge in [-0.1, -0.05) is 30.0 Å². The highest BCUT2D eigenvalue weighted by molar-refractivity contribution is 7.99. The van der Waals surface area contributed by atoms with Gasteiger partial charge >= 0.3 is 5.69 Å². The molecule has 98 valence electrons. The van der Waals surface area contributed by atoms with E-state index in [1.54, 1.807) is 7.05 Å². The Balaban J connectivity index is 2.67. The van der Waals surface area contributed by atoms with Crippen molar-refractivity contribution in [2.24, 2.45) is 14.1 Å². The highest BCUT2D eigenvalue weighted by Gasteiger charge is 2.14. The van der Waals surface area contributed by atoms with E-state index >= 15 is 0 Å². The second kappa shape index (κ2) is 5.27. The van der Waals surface area contributed by atoms with Crippen LogP contribution in [0.15, 0.2) is 49.8 Å². The third kappa shape index (κ3) is 2.39. The van der Waals surface area contributed by atoms with Crippen LogP contribution in [-0.2, 0) is 14.1 Å². The van der Waals surface area contributed by atoms with E-state index in [1.807, 2.05) is 30.3 Å². The largest absolute Gasteiger partial charge is 0.331 e. The molecule has 0 atom stereocenters. The van der Waals surface area contributed by atoms with Gasteiger partial charge in [-0.15, -0.1) is 0 Å². The molecule has 0 fully saturated rings. The summed E-state index contributed by atoms with van der Waals surface area (Å²) in [5.74, 6) is 0. The van der Waals surface area contributed by atoms with Crippen LogP contribution < -0.4 is 11.2 Å². The Morgan fingerprint density at radius 3 is 2.32 bits per heavy atom. The van der Waals surface area contributed by atoms with Crippen molar-refractivity contribution in [3.8, 4) is 0 Å². The number of hydrogen-bond donors (Lipinski definition) is 1. The molecule has 0 aliphatic carbocycles. The SMILES string of the molecule is Cn1c(Sc2ccccc2)c(C=N)c(=O)n(C)c1=O. The van der Waals surface area contributed by atoms with Crippen molar-refractivity contribution in [3.05, 3.63) is 56.7 Å². The standard InChI is InChI=1S/C13H13N3O2S/c1-15-11(17)10(8-14)12(16(2)13(15)18)19-9-6-4-3-5-7-9/h3-8,14H,1-2H3. The molecule has 0 amide bonds. The minimum Gasteiger partial charge on any atom is -0.308 e. The quantitative estimate of drug-likeness (QED) is 0.677. The van der Waals surface area contributed by atoms with Gasteiger partial charge in [0.05, 0.1) is 10.6 Å². The van der Waals surface area contributed by atoms with Crippen molar-refractivity contribution < 1.29 is 0 Å². The lowest BCUT2D eigenvalue weighted by Gasteiger charge is -2.12. The zero-order valence-corrected chi connectivity index (χ0v) is 11.4. The fraction of sp³-hybridized carbons (Fsp3) is 0.154. The molecule has 2 rings (SSSR count). The molecule has 1 N–H and O–H groups in total. The van der Waals surface area contributed by atoms with Gasteiger partial charge in [-0.05, 0) is 12.1 Å². The van der Waals surface area contributed by atoms with E-state index in [-0.39, 0.29) is 5.56 Å². The molecule has 6 heteroatoms. The van der Waals surface area contributed by atoms with E-state index in [9.17, 15) is 9.59 Å². The van der Waals surface area contributed by atoms with Gasteiger partial charge in [0.25, 0.3) is 5.56 Å². The monoisotopic (exact) mass is 275 g/mol. The average molecular weight is 275 g/mol. The smallest absolute Gasteiger partial charge is 0.308 e. The zero-order valence-electron chi connectivity index (χ0n) is 10.6. The zero-order chi connectivity index (χ0) is 14.0. The van der Waals surface area contributed by atoms with Gasteiger partial charge in [0.1, 0.15) is 0 Å². The molecule has 0 saturated heterocycles. The number of hydrogen-bond acceptors (Lipinski definition) is 4. The molecule has 19 heavy (non-hydrogen) atoms. The number of benzene rings is 1. The Morgan fingerprint density at radius 1 is 1.11 bits per heavy atom. The number of rotatable bonds is 3. The molecule has 0 spiro atoms. The van der Waals surface area contributed by atoms with Gasteiger partial charge in [-0.3, -0.25) is 13.9 Å². The fourth-order valence-electron chi connectivity index (χ4n) is 1.70. The van der Waals surface area contributed by atoms with Gasteiger partial charge in [0, 0.05) is 25.2 Å². The summed E-state index contributed by atoms with van der Waals surface area (Å²) in [5, 5.41) is 7.87. The summed E-state index contributed by atoms with van der Waals surface area (Å²) in [6.07, 6.45) is 0.993. The van der Waals surface area contributed by atoms with Crippen LogP contribution in [0.3, 0.4) is 0 Å². The van der Waals surface area contributed by atoms with Crippen LogP contribution in [0.5, 0.6) is 0 Å². The molecule has 0 unspecified atom stereocenters. The lowest BCUT2D eigenvalue weighted by molar-refractivity contribution is 0.633. The minimum atomic E-state index is -0.448. The number of nitrogens with one attached hydrogen (secondary N) is 1. The first kappa shape index (κ1) is 13.4. The van der Waals surface area contributed by atoms with Crippen LogP contribution >= 0.6 is 11.8 Å². The Morgan fingerprint density at radius 2 is 1.74 bits per heavy atom. The van der Waals surface area contributed by atoms with Crippen LogP contribution in [0.25, 0.3) is 0 Å². The predicted octanol–water partition coefficient (Wildman–Crippen LogP) is 1.23.